The number of thiazole rings is 1. The van der Waals surface area contributed by atoms with Crippen molar-refractivity contribution in [1.29, 1.82) is 0 Å². The highest BCUT2D eigenvalue weighted by Gasteiger charge is 2.30. The van der Waals surface area contributed by atoms with Crippen molar-refractivity contribution in [2.75, 3.05) is 51.9 Å². The minimum atomic E-state index is -4.39. The van der Waals surface area contributed by atoms with Crippen LogP contribution < -0.4 is 14.4 Å². The van der Waals surface area contributed by atoms with Crippen molar-refractivity contribution in [1.82, 2.24) is 9.88 Å². The second kappa shape index (κ2) is 14.6. The Bertz CT molecular complexity index is 1600. The molecule has 12 heteroatoms. The fraction of sp³-hybridized carbons (Fsp3) is 0.333. The van der Waals surface area contributed by atoms with Gasteiger partial charge in [0.15, 0.2) is 6.61 Å². The van der Waals surface area contributed by atoms with Crippen LogP contribution in [0, 0.1) is 6.92 Å². The molecule has 0 spiro atoms. The molecular weight excluding hydrogens is 624 g/mol. The summed E-state index contributed by atoms with van der Waals surface area (Å²) in [5, 5.41) is 0.701. The second-order valence-electron chi connectivity index (χ2n) is 10.5. The smallest absolute Gasteiger partial charge is 0.416 e. The largest absolute Gasteiger partial charge is 0.497 e. The number of carbonyl (C=O) groups excluding carboxylic acids is 1. The standard InChI is InChI=1S/C33H34F3N3O4S2/c1-22-17-27(11-12-29(22)43-20-31(40)42-3)44-21-30-28(37-32(45-30)23-7-9-24(10-8-23)33(34,35)36)19-38-13-15-39(16-14-38)25-5-4-6-26(18-25)41-2/h4-12,17-18H,13-16,19-21H2,1-3H3. The molecular formula is C33H34F3N3O4S2. The Hall–Kier alpha value is -3.74. The number of aromatic nitrogens is 1. The lowest BCUT2D eigenvalue weighted by Gasteiger charge is -2.36. The van der Waals surface area contributed by atoms with Gasteiger partial charge in [-0.3, -0.25) is 4.90 Å². The summed E-state index contributed by atoms with van der Waals surface area (Å²) in [6, 6.07) is 19.0. The number of alkyl halides is 3. The number of methoxy groups -OCH3 is 2. The molecule has 1 saturated heterocycles. The maximum atomic E-state index is 13.2. The zero-order chi connectivity index (χ0) is 32.0. The van der Waals surface area contributed by atoms with Crippen LogP contribution in [0.25, 0.3) is 10.6 Å². The van der Waals surface area contributed by atoms with Gasteiger partial charge in [-0.2, -0.15) is 13.2 Å². The van der Waals surface area contributed by atoms with E-state index in [2.05, 4.69) is 20.6 Å². The van der Waals surface area contributed by atoms with E-state index in [4.69, 9.17) is 14.5 Å². The first-order valence-corrected chi connectivity index (χ1v) is 16.1. The molecule has 2 heterocycles. The van der Waals surface area contributed by atoms with Gasteiger partial charge in [-0.25, -0.2) is 9.78 Å². The number of nitrogens with zero attached hydrogens (tertiary/aromatic N) is 3. The molecule has 45 heavy (non-hydrogen) atoms. The Labute approximate surface area is 268 Å². The molecule has 1 aliphatic rings. The van der Waals surface area contributed by atoms with Gasteiger partial charge >= 0.3 is 12.1 Å². The lowest BCUT2D eigenvalue weighted by Crippen LogP contribution is -2.46. The third kappa shape index (κ3) is 8.50. The van der Waals surface area contributed by atoms with Crippen molar-refractivity contribution in [2.24, 2.45) is 0 Å². The van der Waals surface area contributed by atoms with E-state index in [1.807, 2.05) is 43.3 Å². The van der Waals surface area contributed by atoms with Crippen LogP contribution in [0.1, 0.15) is 21.7 Å². The van der Waals surface area contributed by atoms with Crippen LogP contribution in [-0.4, -0.2) is 62.9 Å². The van der Waals surface area contributed by atoms with Gasteiger partial charge in [0.25, 0.3) is 0 Å². The number of thioether (sulfide) groups is 1. The number of hydrogen-bond acceptors (Lipinski definition) is 9. The topological polar surface area (TPSA) is 64.1 Å². The van der Waals surface area contributed by atoms with Crippen molar-refractivity contribution in [3.8, 4) is 22.1 Å². The molecule has 5 rings (SSSR count). The first kappa shape index (κ1) is 32.6. The molecule has 0 unspecified atom stereocenters. The SMILES string of the molecule is COC(=O)COc1ccc(SCc2sc(-c3ccc(C(F)(F)F)cc3)nc2CN2CCN(c3cccc(OC)c3)CC2)cc1C. The summed E-state index contributed by atoms with van der Waals surface area (Å²) in [6.45, 7) is 5.83. The lowest BCUT2D eigenvalue weighted by atomic mass is 10.1. The van der Waals surface area contributed by atoms with Crippen LogP contribution in [0.3, 0.4) is 0 Å². The first-order chi connectivity index (χ1) is 21.6. The van der Waals surface area contributed by atoms with Gasteiger partial charge in [0.2, 0.25) is 0 Å². The lowest BCUT2D eigenvalue weighted by molar-refractivity contribution is -0.143. The van der Waals surface area contributed by atoms with Crippen molar-refractivity contribution in [3.05, 3.63) is 88.4 Å². The zero-order valence-corrected chi connectivity index (χ0v) is 26.9. The molecule has 0 atom stereocenters. The van der Waals surface area contributed by atoms with Gasteiger partial charge in [0.05, 0.1) is 25.5 Å². The molecule has 0 bridgehead atoms. The molecule has 238 valence electrons. The van der Waals surface area contributed by atoms with Gasteiger partial charge < -0.3 is 19.1 Å². The van der Waals surface area contributed by atoms with E-state index >= 15 is 0 Å². The highest BCUT2D eigenvalue weighted by atomic mass is 32.2. The molecule has 1 aliphatic heterocycles. The number of esters is 1. The average molecular weight is 658 g/mol. The summed E-state index contributed by atoms with van der Waals surface area (Å²) in [7, 11) is 2.98. The quantitative estimate of drug-likeness (QED) is 0.123. The number of rotatable bonds is 11. The Morgan fingerprint density at radius 3 is 2.42 bits per heavy atom. The molecule has 0 radical (unpaired) electrons. The second-order valence-corrected chi connectivity index (χ2v) is 12.6. The number of benzene rings is 3. The van der Waals surface area contributed by atoms with E-state index in [1.54, 1.807) is 18.9 Å². The van der Waals surface area contributed by atoms with E-state index in [1.165, 1.54) is 30.6 Å². The van der Waals surface area contributed by atoms with Crippen LogP contribution in [0.2, 0.25) is 0 Å². The van der Waals surface area contributed by atoms with Gasteiger partial charge in [-0.1, -0.05) is 18.2 Å². The van der Waals surface area contributed by atoms with Crippen LogP contribution >= 0.6 is 23.1 Å². The highest BCUT2D eigenvalue weighted by molar-refractivity contribution is 7.98. The number of halogens is 3. The highest BCUT2D eigenvalue weighted by Crippen LogP contribution is 2.36. The monoisotopic (exact) mass is 657 g/mol. The predicted molar refractivity (Wildman–Crippen MR) is 171 cm³/mol. The van der Waals surface area contributed by atoms with E-state index in [0.29, 0.717) is 28.6 Å². The van der Waals surface area contributed by atoms with E-state index in [0.717, 1.165) is 70.8 Å². The zero-order valence-electron chi connectivity index (χ0n) is 25.2. The summed E-state index contributed by atoms with van der Waals surface area (Å²) in [5.74, 6) is 1.64. The summed E-state index contributed by atoms with van der Waals surface area (Å²) in [4.78, 5) is 23.2. The normalized spacial score (nSPS) is 14.0. The first-order valence-electron chi connectivity index (χ1n) is 14.3. The third-order valence-corrected chi connectivity index (χ3v) is 9.84. The molecule has 4 aromatic rings. The number of carbonyl (C=O) groups is 1. The fourth-order valence-corrected chi connectivity index (χ4v) is 7.12. The summed E-state index contributed by atoms with van der Waals surface area (Å²) < 4.78 is 55.1. The molecule has 1 aromatic heterocycles. The number of anilines is 1. The molecule has 0 N–H and O–H groups in total. The molecule has 7 nitrogen and oxygen atoms in total. The van der Waals surface area contributed by atoms with Crippen molar-refractivity contribution >= 4 is 34.8 Å². The van der Waals surface area contributed by atoms with Crippen LogP contribution in [0.5, 0.6) is 11.5 Å². The number of aryl methyl sites for hydroxylation is 1. The minimum absolute atomic E-state index is 0.158. The molecule has 0 aliphatic carbocycles. The van der Waals surface area contributed by atoms with Crippen molar-refractivity contribution in [2.45, 2.75) is 30.3 Å². The predicted octanol–water partition coefficient (Wildman–Crippen LogP) is 7.31. The third-order valence-electron chi connectivity index (χ3n) is 7.49. The van der Waals surface area contributed by atoms with E-state index in [9.17, 15) is 18.0 Å². The van der Waals surface area contributed by atoms with Gasteiger partial charge in [-0.15, -0.1) is 23.1 Å². The fourth-order valence-electron chi connectivity index (χ4n) is 4.95. The van der Waals surface area contributed by atoms with Gasteiger partial charge in [0, 0.05) is 65.6 Å². The van der Waals surface area contributed by atoms with Crippen molar-refractivity contribution < 1.29 is 32.2 Å². The van der Waals surface area contributed by atoms with Crippen molar-refractivity contribution in [3.63, 3.8) is 0 Å². The number of hydrogen-bond donors (Lipinski definition) is 0. The summed E-state index contributed by atoms with van der Waals surface area (Å²) in [5.41, 5.74) is 2.94. The van der Waals surface area contributed by atoms with Gasteiger partial charge in [-0.05, 0) is 55.0 Å². The maximum absolute atomic E-state index is 13.2. The molecule has 0 amide bonds. The molecule has 1 fully saturated rings. The molecule has 3 aromatic carbocycles. The number of piperazine rings is 1. The Morgan fingerprint density at radius 2 is 1.76 bits per heavy atom. The van der Waals surface area contributed by atoms with E-state index in [-0.39, 0.29) is 6.61 Å². The summed E-state index contributed by atoms with van der Waals surface area (Å²) >= 11 is 3.17. The maximum Gasteiger partial charge on any atom is 0.416 e. The Kier molecular flexibility index (Phi) is 10.6. The Morgan fingerprint density at radius 1 is 1.00 bits per heavy atom. The minimum Gasteiger partial charge on any atom is -0.497 e. The molecule has 0 saturated carbocycles. The Balaban J connectivity index is 1.31. The number of ether oxygens (including phenoxy) is 3. The van der Waals surface area contributed by atoms with Crippen LogP contribution in [-0.2, 0) is 28.0 Å². The van der Waals surface area contributed by atoms with Crippen LogP contribution in [0.15, 0.2) is 71.6 Å². The van der Waals surface area contributed by atoms with Gasteiger partial charge in [0.1, 0.15) is 16.5 Å². The van der Waals surface area contributed by atoms with Crippen LogP contribution in [0.4, 0.5) is 18.9 Å². The average Bonchev–Trinajstić information content (AvgIpc) is 3.45. The van der Waals surface area contributed by atoms with E-state index < -0.39 is 17.7 Å². The summed E-state index contributed by atoms with van der Waals surface area (Å²) in [6.07, 6.45) is -4.39.